The van der Waals surface area contributed by atoms with Crippen LogP contribution in [-0.2, 0) is 0 Å². The first-order chi connectivity index (χ1) is 8.77. The molecule has 18 heavy (non-hydrogen) atoms. The molecule has 2 aromatic rings. The highest BCUT2D eigenvalue weighted by Crippen LogP contribution is 2.14. The molecule has 0 aliphatic rings. The highest BCUT2D eigenvalue weighted by atomic mass is 16.3. The number of hydrogen-bond acceptors (Lipinski definition) is 4. The summed E-state index contributed by atoms with van der Waals surface area (Å²) < 4.78 is 0. The fourth-order valence-electron chi connectivity index (χ4n) is 1.74. The van der Waals surface area contributed by atoms with Crippen molar-refractivity contribution >= 4 is 0 Å². The SMILES string of the molecule is CC(NCC(O)c1ccncc1)c1cccnc1. The lowest BCUT2D eigenvalue weighted by Crippen LogP contribution is -2.24. The number of nitrogens with zero attached hydrogens (tertiary/aromatic N) is 2. The Hall–Kier alpha value is -1.78. The van der Waals surface area contributed by atoms with Gasteiger partial charge < -0.3 is 10.4 Å². The van der Waals surface area contributed by atoms with Gasteiger partial charge in [-0.2, -0.15) is 0 Å². The summed E-state index contributed by atoms with van der Waals surface area (Å²) in [4.78, 5) is 8.01. The molecule has 0 saturated carbocycles. The topological polar surface area (TPSA) is 58.0 Å². The molecule has 4 heteroatoms. The van der Waals surface area contributed by atoms with E-state index in [0.29, 0.717) is 6.54 Å². The first-order valence-electron chi connectivity index (χ1n) is 5.98. The van der Waals surface area contributed by atoms with Gasteiger partial charge in [-0.25, -0.2) is 0 Å². The molecule has 0 aliphatic heterocycles. The van der Waals surface area contributed by atoms with E-state index < -0.39 is 6.10 Å². The van der Waals surface area contributed by atoms with Gasteiger partial charge in [0.2, 0.25) is 0 Å². The maximum atomic E-state index is 10.0. The van der Waals surface area contributed by atoms with E-state index in [1.165, 1.54) is 0 Å². The van der Waals surface area contributed by atoms with Crippen LogP contribution in [0.2, 0.25) is 0 Å². The van der Waals surface area contributed by atoms with Gasteiger partial charge in [0.25, 0.3) is 0 Å². The third kappa shape index (κ3) is 3.35. The first kappa shape index (κ1) is 12.7. The van der Waals surface area contributed by atoms with Crippen LogP contribution in [0, 0.1) is 0 Å². The van der Waals surface area contributed by atoms with Gasteiger partial charge in [-0.15, -0.1) is 0 Å². The molecular formula is C14H17N3O. The van der Waals surface area contributed by atoms with Crippen molar-refractivity contribution in [1.82, 2.24) is 15.3 Å². The summed E-state index contributed by atoms with van der Waals surface area (Å²) in [6, 6.07) is 7.73. The number of aromatic nitrogens is 2. The molecule has 0 bridgehead atoms. The molecule has 2 unspecified atom stereocenters. The third-order valence-electron chi connectivity index (χ3n) is 2.89. The van der Waals surface area contributed by atoms with Crippen LogP contribution >= 0.6 is 0 Å². The zero-order valence-electron chi connectivity index (χ0n) is 10.3. The van der Waals surface area contributed by atoms with E-state index in [-0.39, 0.29) is 6.04 Å². The van der Waals surface area contributed by atoms with Crippen molar-refractivity contribution in [3.8, 4) is 0 Å². The monoisotopic (exact) mass is 243 g/mol. The summed E-state index contributed by atoms with van der Waals surface area (Å²) in [7, 11) is 0. The highest BCUT2D eigenvalue weighted by molar-refractivity contribution is 5.15. The molecule has 0 amide bonds. The number of aliphatic hydroxyl groups excluding tert-OH is 1. The lowest BCUT2D eigenvalue weighted by molar-refractivity contribution is 0.170. The van der Waals surface area contributed by atoms with Crippen molar-refractivity contribution < 1.29 is 5.11 Å². The van der Waals surface area contributed by atoms with Crippen molar-refractivity contribution in [2.45, 2.75) is 19.1 Å². The Labute approximate surface area is 107 Å². The van der Waals surface area contributed by atoms with E-state index in [0.717, 1.165) is 11.1 Å². The van der Waals surface area contributed by atoms with Crippen LogP contribution in [0.5, 0.6) is 0 Å². The van der Waals surface area contributed by atoms with Gasteiger partial charge >= 0.3 is 0 Å². The van der Waals surface area contributed by atoms with Crippen molar-refractivity contribution in [3.63, 3.8) is 0 Å². The molecule has 2 aromatic heterocycles. The fourth-order valence-corrected chi connectivity index (χ4v) is 1.74. The summed E-state index contributed by atoms with van der Waals surface area (Å²) in [6.45, 7) is 2.55. The van der Waals surface area contributed by atoms with Crippen LogP contribution in [0.1, 0.15) is 30.2 Å². The number of hydrogen-bond donors (Lipinski definition) is 2. The van der Waals surface area contributed by atoms with Crippen molar-refractivity contribution in [2.24, 2.45) is 0 Å². The minimum absolute atomic E-state index is 0.162. The normalized spacial score (nSPS) is 14.1. The molecule has 4 nitrogen and oxygen atoms in total. The largest absolute Gasteiger partial charge is 0.387 e. The van der Waals surface area contributed by atoms with E-state index >= 15 is 0 Å². The molecule has 94 valence electrons. The van der Waals surface area contributed by atoms with Crippen molar-refractivity contribution in [3.05, 3.63) is 60.2 Å². The summed E-state index contributed by atoms with van der Waals surface area (Å²) in [5.41, 5.74) is 1.98. The molecule has 0 saturated heterocycles. The third-order valence-corrected chi connectivity index (χ3v) is 2.89. The minimum atomic E-state index is -0.521. The average Bonchev–Trinajstić information content (AvgIpc) is 2.46. The van der Waals surface area contributed by atoms with E-state index in [1.54, 1.807) is 18.6 Å². The molecule has 2 N–H and O–H groups in total. The van der Waals surface area contributed by atoms with Crippen molar-refractivity contribution in [2.75, 3.05) is 6.54 Å². The maximum absolute atomic E-state index is 10.0. The zero-order valence-corrected chi connectivity index (χ0v) is 10.3. The molecule has 0 aromatic carbocycles. The Balaban J connectivity index is 1.89. The Morgan fingerprint density at radius 3 is 2.56 bits per heavy atom. The first-order valence-corrected chi connectivity index (χ1v) is 5.98. The zero-order chi connectivity index (χ0) is 12.8. The van der Waals surface area contributed by atoms with Gasteiger partial charge in [0.1, 0.15) is 0 Å². The molecular weight excluding hydrogens is 226 g/mol. The average molecular weight is 243 g/mol. The summed E-state index contributed by atoms with van der Waals surface area (Å²) in [5, 5.41) is 13.3. The Morgan fingerprint density at radius 1 is 1.11 bits per heavy atom. The standard InChI is InChI=1S/C14H17N3O/c1-11(13-3-2-6-16-9-13)17-10-14(18)12-4-7-15-8-5-12/h2-9,11,14,17-18H,10H2,1H3. The quantitative estimate of drug-likeness (QED) is 0.841. The summed E-state index contributed by atoms with van der Waals surface area (Å²) >= 11 is 0. The van der Waals surface area contributed by atoms with Crippen LogP contribution in [-0.4, -0.2) is 21.6 Å². The Kier molecular flexibility index (Phi) is 4.39. The lowest BCUT2D eigenvalue weighted by atomic mass is 10.1. The van der Waals surface area contributed by atoms with Gasteiger partial charge in [0.15, 0.2) is 0 Å². The predicted molar refractivity (Wildman–Crippen MR) is 69.9 cm³/mol. The molecule has 0 spiro atoms. The molecule has 0 radical (unpaired) electrons. The van der Waals surface area contributed by atoms with Gasteiger partial charge in [0.05, 0.1) is 6.10 Å². The van der Waals surface area contributed by atoms with Crippen LogP contribution in [0.3, 0.4) is 0 Å². The minimum Gasteiger partial charge on any atom is -0.387 e. The number of nitrogens with one attached hydrogen (secondary N) is 1. The fraction of sp³-hybridized carbons (Fsp3) is 0.286. The van der Waals surface area contributed by atoms with Gasteiger partial charge in [-0.1, -0.05) is 6.07 Å². The van der Waals surface area contributed by atoms with Gasteiger partial charge in [-0.05, 0) is 36.2 Å². The highest BCUT2D eigenvalue weighted by Gasteiger charge is 2.10. The van der Waals surface area contributed by atoms with Crippen LogP contribution in [0.15, 0.2) is 49.1 Å². The summed E-state index contributed by atoms with van der Waals surface area (Å²) in [5.74, 6) is 0. The second kappa shape index (κ2) is 6.23. The number of aliphatic hydroxyl groups is 1. The molecule has 2 heterocycles. The Morgan fingerprint density at radius 2 is 1.89 bits per heavy atom. The number of pyridine rings is 2. The van der Waals surface area contributed by atoms with Crippen LogP contribution in [0.4, 0.5) is 0 Å². The van der Waals surface area contributed by atoms with E-state index in [4.69, 9.17) is 0 Å². The van der Waals surface area contributed by atoms with Crippen LogP contribution < -0.4 is 5.32 Å². The van der Waals surface area contributed by atoms with Crippen LogP contribution in [0.25, 0.3) is 0 Å². The molecule has 0 fully saturated rings. The smallest absolute Gasteiger partial charge is 0.0915 e. The Bertz CT molecular complexity index is 415. The lowest BCUT2D eigenvalue weighted by Gasteiger charge is -2.17. The van der Waals surface area contributed by atoms with Gasteiger partial charge in [0, 0.05) is 37.4 Å². The van der Waals surface area contributed by atoms with Gasteiger partial charge in [-0.3, -0.25) is 9.97 Å². The van der Waals surface area contributed by atoms with E-state index in [1.807, 2.05) is 30.5 Å². The summed E-state index contributed by atoms with van der Waals surface area (Å²) in [6.07, 6.45) is 6.43. The predicted octanol–water partition coefficient (Wildman–Crippen LogP) is 1.86. The van der Waals surface area contributed by atoms with E-state index in [2.05, 4.69) is 22.2 Å². The van der Waals surface area contributed by atoms with E-state index in [9.17, 15) is 5.11 Å². The molecule has 2 atom stereocenters. The number of rotatable bonds is 5. The van der Waals surface area contributed by atoms with Crippen molar-refractivity contribution in [1.29, 1.82) is 0 Å². The second-order valence-electron chi connectivity index (χ2n) is 4.21. The molecule has 0 aliphatic carbocycles. The maximum Gasteiger partial charge on any atom is 0.0915 e. The second-order valence-corrected chi connectivity index (χ2v) is 4.21. The molecule has 2 rings (SSSR count).